The van der Waals surface area contributed by atoms with Crippen LogP contribution in [0, 0.1) is 0 Å². The number of methoxy groups -OCH3 is 1. The minimum atomic E-state index is -10.7. The summed E-state index contributed by atoms with van der Waals surface area (Å²) in [5.74, 6) is 1.24. The van der Waals surface area contributed by atoms with Crippen molar-refractivity contribution in [3.05, 3.63) is 107 Å². The third kappa shape index (κ3) is 7.37. The van der Waals surface area contributed by atoms with E-state index in [1.54, 1.807) is 7.11 Å². The van der Waals surface area contributed by atoms with Crippen molar-refractivity contribution < 1.29 is 29.9 Å². The van der Waals surface area contributed by atoms with Gasteiger partial charge in [-0.3, -0.25) is 4.79 Å². The zero-order chi connectivity index (χ0) is 28.7. The van der Waals surface area contributed by atoms with E-state index in [-0.39, 0.29) is 15.9 Å². The van der Waals surface area contributed by atoms with Gasteiger partial charge in [0, 0.05) is 10.5 Å². The molecule has 10 heteroatoms. The molecule has 0 bridgehead atoms. The summed E-state index contributed by atoms with van der Waals surface area (Å²) in [5, 5.41) is 1.67. The maximum atomic E-state index is 13.3. The number of hydrogen-bond donors (Lipinski definition) is 0. The summed E-state index contributed by atoms with van der Waals surface area (Å²) in [7, 11) is -9.29. The Morgan fingerprint density at radius 1 is 0.692 bits per heavy atom. The Kier molecular flexibility index (Phi) is 7.07. The van der Waals surface area contributed by atoms with Gasteiger partial charge in [0.1, 0.15) is 5.75 Å². The molecule has 206 valence electrons. The summed E-state index contributed by atoms with van der Waals surface area (Å²) in [6, 6.07) is 31.4. The molecule has 5 aromatic rings. The predicted octanol–water partition coefficient (Wildman–Crippen LogP) is 11.3. The van der Waals surface area contributed by atoms with E-state index in [9.17, 15) is 30.0 Å². The van der Waals surface area contributed by atoms with Crippen LogP contribution in [-0.2, 0) is 0 Å². The number of hydrogen-bond acceptors (Lipinski definition) is 2. The fourth-order valence-electron chi connectivity index (χ4n) is 4.18. The van der Waals surface area contributed by atoms with Crippen LogP contribution in [0.15, 0.2) is 95.8 Å². The molecule has 1 aromatic heterocycles. The molecule has 1 unspecified atom stereocenters. The first-order chi connectivity index (χ1) is 18.0. The van der Waals surface area contributed by atoms with E-state index in [1.807, 2.05) is 30.3 Å². The van der Waals surface area contributed by atoms with Crippen molar-refractivity contribution in [2.45, 2.75) is 19.8 Å². The summed E-state index contributed by atoms with van der Waals surface area (Å²) in [6.07, 6.45) is 0. The van der Waals surface area contributed by atoms with E-state index < -0.39 is 7.81 Å². The van der Waals surface area contributed by atoms with Crippen LogP contribution in [-0.4, -0.2) is 7.11 Å². The second-order valence-corrected chi connectivity index (χ2v) is 13.1. The van der Waals surface area contributed by atoms with Crippen LogP contribution in [0.1, 0.15) is 25.3 Å². The zero-order valence-corrected chi connectivity index (χ0v) is 22.9. The van der Waals surface area contributed by atoms with E-state index >= 15 is 0 Å². The summed E-state index contributed by atoms with van der Waals surface area (Å²) in [6.45, 7) is 4.33. The molecule has 0 aliphatic carbocycles. The van der Waals surface area contributed by atoms with Crippen LogP contribution in [0.3, 0.4) is 0 Å². The van der Waals surface area contributed by atoms with Gasteiger partial charge >= 0.3 is 33.0 Å². The quantitative estimate of drug-likeness (QED) is 0.0912. The molecule has 5 rings (SSSR count). The molecular weight excluding hydrogens is 557 g/mol. The van der Waals surface area contributed by atoms with Crippen LogP contribution < -0.4 is 10.2 Å². The molecule has 0 aliphatic rings. The molecule has 1 heterocycles. The van der Waals surface area contributed by atoms with Crippen molar-refractivity contribution in [1.29, 1.82) is 0 Å². The van der Waals surface area contributed by atoms with E-state index in [1.165, 1.54) is 10.5 Å². The molecule has 0 amide bonds. The van der Waals surface area contributed by atoms with Gasteiger partial charge in [-0.1, -0.05) is 44.2 Å². The molecule has 0 saturated heterocycles. The molecule has 39 heavy (non-hydrogen) atoms. The summed E-state index contributed by atoms with van der Waals surface area (Å²) in [5.41, 5.74) is 3.66. The van der Waals surface area contributed by atoms with E-state index in [0.717, 1.165) is 37.0 Å². The molecular formula is C29H25F6O2PS. The molecule has 0 aliphatic heterocycles. The Morgan fingerprint density at radius 2 is 1.21 bits per heavy atom. The molecule has 0 saturated carbocycles. The Hall–Kier alpha value is -3.42. The van der Waals surface area contributed by atoms with Gasteiger partial charge in [-0.05, 0) is 83.3 Å². The number of halogens is 6. The summed E-state index contributed by atoms with van der Waals surface area (Å²) >= 11 is 0. The van der Waals surface area contributed by atoms with Gasteiger partial charge in [-0.2, -0.15) is 0 Å². The SMILES string of the molecule is COc1ccc(-c2ccc(-[s+]3c4ccccc4c(=O)c4cc(C(C)C)ccc43)cc2)cc1.F[P-](F)(F)(F)(F)F. The Balaban J connectivity index is 0.000000448. The average Bonchev–Trinajstić information content (AvgIpc) is 2.87. The van der Waals surface area contributed by atoms with E-state index in [4.69, 9.17) is 4.74 Å². The maximum absolute atomic E-state index is 13.3. The molecule has 2 nitrogen and oxygen atoms in total. The Morgan fingerprint density at radius 3 is 1.74 bits per heavy atom. The standard InChI is InChI=1S/C29H25O2S.F6P/c1-19(2)22-12-17-28-26(18-22)29(30)25-6-4-5-7-27(25)32(28)24-15-10-21(11-16-24)20-8-13-23(31-3)14-9-20;1-7(2,3,4,5)6/h4-19H,1-3H3;/q+1;-1. The van der Waals surface area contributed by atoms with Gasteiger partial charge in [0.2, 0.25) is 5.43 Å². The van der Waals surface area contributed by atoms with Gasteiger partial charge in [0.25, 0.3) is 0 Å². The molecule has 4 aromatic carbocycles. The molecule has 0 fully saturated rings. The van der Waals surface area contributed by atoms with Gasteiger partial charge in [-0.25, -0.2) is 0 Å². The molecule has 0 N–H and O–H groups in total. The first-order valence-corrected chi connectivity index (χ1v) is 15.1. The fraction of sp³-hybridized carbons (Fsp3) is 0.138. The predicted molar refractivity (Wildman–Crippen MR) is 151 cm³/mol. The van der Waals surface area contributed by atoms with Crippen molar-refractivity contribution in [3.63, 3.8) is 0 Å². The van der Waals surface area contributed by atoms with Crippen LogP contribution >= 0.6 is 18.3 Å². The fourth-order valence-corrected chi connectivity index (χ4v) is 6.50. The van der Waals surface area contributed by atoms with E-state index in [2.05, 4.69) is 74.5 Å². The average molecular weight is 583 g/mol. The normalized spacial score (nSPS) is 13.9. The summed E-state index contributed by atoms with van der Waals surface area (Å²) < 4.78 is 66.7. The second kappa shape index (κ2) is 9.65. The van der Waals surface area contributed by atoms with E-state index in [0.29, 0.717) is 5.92 Å². The van der Waals surface area contributed by atoms with Gasteiger partial charge in [0.05, 0.1) is 17.9 Å². The third-order valence-corrected chi connectivity index (χ3v) is 8.34. The van der Waals surface area contributed by atoms with Crippen LogP contribution in [0.4, 0.5) is 25.2 Å². The second-order valence-electron chi connectivity index (χ2n) is 9.25. The van der Waals surface area contributed by atoms with Crippen molar-refractivity contribution in [3.8, 4) is 21.8 Å². The van der Waals surface area contributed by atoms with Gasteiger partial charge < -0.3 is 4.74 Å². The van der Waals surface area contributed by atoms with Crippen LogP contribution in [0.5, 0.6) is 5.75 Å². The van der Waals surface area contributed by atoms with Gasteiger partial charge in [0.15, 0.2) is 14.3 Å². The number of rotatable bonds is 4. The molecule has 0 radical (unpaired) electrons. The minimum absolute atomic E-state index is 0.136. The molecule has 0 spiro atoms. The third-order valence-electron chi connectivity index (χ3n) is 6.00. The Labute approximate surface area is 223 Å². The number of benzene rings is 4. The van der Waals surface area contributed by atoms with Crippen molar-refractivity contribution >= 4 is 38.5 Å². The van der Waals surface area contributed by atoms with Gasteiger partial charge in [-0.15, -0.1) is 0 Å². The van der Waals surface area contributed by atoms with Crippen LogP contribution in [0.2, 0.25) is 0 Å². The van der Waals surface area contributed by atoms with Crippen LogP contribution in [0.25, 0.3) is 36.2 Å². The first-order valence-electron chi connectivity index (χ1n) is 11.8. The van der Waals surface area contributed by atoms with Crippen molar-refractivity contribution in [1.82, 2.24) is 0 Å². The number of fused-ring (bicyclic) bond motifs is 2. The van der Waals surface area contributed by atoms with Crippen molar-refractivity contribution in [2.24, 2.45) is 0 Å². The summed E-state index contributed by atoms with van der Waals surface area (Å²) in [4.78, 5) is 14.6. The monoisotopic (exact) mass is 582 g/mol. The first kappa shape index (κ1) is 28.6. The topological polar surface area (TPSA) is 26.3 Å². The van der Waals surface area contributed by atoms with Crippen molar-refractivity contribution in [2.75, 3.05) is 7.11 Å². The number of ether oxygens (including phenoxy) is 1. The zero-order valence-electron chi connectivity index (χ0n) is 21.2. The Bertz CT molecular complexity index is 1700. The molecule has 1 atom stereocenters.